The molecule has 29 heavy (non-hydrogen) atoms. The molecule has 0 atom stereocenters. The Morgan fingerprint density at radius 1 is 1.21 bits per heavy atom. The number of amides is 1. The molecule has 4 rings (SSSR count). The summed E-state index contributed by atoms with van der Waals surface area (Å²) >= 11 is 0. The van der Waals surface area contributed by atoms with Crippen LogP contribution in [0.25, 0.3) is 5.69 Å². The fourth-order valence-corrected chi connectivity index (χ4v) is 3.82. The van der Waals surface area contributed by atoms with E-state index in [1.807, 2.05) is 18.2 Å². The van der Waals surface area contributed by atoms with Crippen molar-refractivity contribution in [2.24, 2.45) is 0 Å². The van der Waals surface area contributed by atoms with E-state index in [-0.39, 0.29) is 22.7 Å². The molecule has 8 heteroatoms. The van der Waals surface area contributed by atoms with Crippen LogP contribution in [0.2, 0.25) is 0 Å². The van der Waals surface area contributed by atoms with Gasteiger partial charge in [-0.05, 0) is 31.4 Å². The third kappa shape index (κ3) is 3.49. The molecule has 0 spiro atoms. The predicted octanol–water partition coefficient (Wildman–Crippen LogP) is 3.34. The van der Waals surface area contributed by atoms with E-state index in [2.05, 4.69) is 27.8 Å². The molecule has 1 aliphatic carbocycles. The SMILES string of the molecule is Cc1c(C(=O)NCC2(c3ccccc3)CCC2)nnn1-c1cccc([N+](=O)[O-])c1. The first-order valence-corrected chi connectivity index (χ1v) is 9.51. The summed E-state index contributed by atoms with van der Waals surface area (Å²) in [5.74, 6) is -0.290. The Hall–Kier alpha value is -3.55. The molecule has 8 nitrogen and oxygen atoms in total. The number of aromatic nitrogens is 3. The minimum Gasteiger partial charge on any atom is -0.350 e. The van der Waals surface area contributed by atoms with E-state index < -0.39 is 4.92 Å². The van der Waals surface area contributed by atoms with Gasteiger partial charge in [0.1, 0.15) is 0 Å². The molecule has 2 aromatic carbocycles. The minimum absolute atomic E-state index is 0.0269. The van der Waals surface area contributed by atoms with Crippen LogP contribution in [0.3, 0.4) is 0 Å². The van der Waals surface area contributed by atoms with Crippen LogP contribution in [0, 0.1) is 17.0 Å². The lowest BCUT2D eigenvalue weighted by atomic mass is 9.64. The van der Waals surface area contributed by atoms with Crippen LogP contribution >= 0.6 is 0 Å². The van der Waals surface area contributed by atoms with Gasteiger partial charge in [0, 0.05) is 24.1 Å². The summed E-state index contributed by atoms with van der Waals surface area (Å²) in [4.78, 5) is 23.3. The second-order valence-corrected chi connectivity index (χ2v) is 7.39. The van der Waals surface area contributed by atoms with E-state index >= 15 is 0 Å². The van der Waals surface area contributed by atoms with E-state index in [9.17, 15) is 14.9 Å². The fourth-order valence-electron chi connectivity index (χ4n) is 3.82. The van der Waals surface area contributed by atoms with Gasteiger partial charge >= 0.3 is 0 Å². The number of nitrogens with zero attached hydrogens (tertiary/aromatic N) is 4. The average Bonchev–Trinajstić information content (AvgIpc) is 3.09. The molecule has 0 bridgehead atoms. The van der Waals surface area contributed by atoms with Gasteiger partial charge in [0.2, 0.25) is 0 Å². The van der Waals surface area contributed by atoms with Crippen molar-refractivity contribution in [1.82, 2.24) is 20.3 Å². The summed E-state index contributed by atoms with van der Waals surface area (Å²) in [6, 6.07) is 16.3. The van der Waals surface area contributed by atoms with Crippen molar-refractivity contribution in [3.05, 3.63) is 81.7 Å². The maximum Gasteiger partial charge on any atom is 0.273 e. The predicted molar refractivity (Wildman–Crippen MR) is 107 cm³/mol. The van der Waals surface area contributed by atoms with Crippen molar-refractivity contribution in [2.75, 3.05) is 6.54 Å². The zero-order valence-electron chi connectivity index (χ0n) is 16.0. The maximum absolute atomic E-state index is 12.8. The smallest absolute Gasteiger partial charge is 0.273 e. The van der Waals surface area contributed by atoms with Gasteiger partial charge in [-0.3, -0.25) is 14.9 Å². The molecule has 1 N–H and O–H groups in total. The zero-order valence-corrected chi connectivity index (χ0v) is 16.0. The molecular weight excluding hydrogens is 370 g/mol. The fraction of sp³-hybridized carbons (Fsp3) is 0.286. The quantitative estimate of drug-likeness (QED) is 0.513. The molecule has 1 aliphatic rings. The molecule has 1 amide bonds. The lowest BCUT2D eigenvalue weighted by Crippen LogP contribution is -2.45. The molecule has 1 heterocycles. The van der Waals surface area contributed by atoms with Gasteiger partial charge in [-0.25, -0.2) is 4.68 Å². The first-order chi connectivity index (χ1) is 14.0. The van der Waals surface area contributed by atoms with Crippen molar-refractivity contribution in [2.45, 2.75) is 31.6 Å². The number of hydrogen-bond acceptors (Lipinski definition) is 5. The van der Waals surface area contributed by atoms with E-state index in [0.29, 0.717) is 17.9 Å². The van der Waals surface area contributed by atoms with Crippen LogP contribution in [0.4, 0.5) is 5.69 Å². The third-order valence-corrected chi connectivity index (χ3v) is 5.68. The summed E-state index contributed by atoms with van der Waals surface area (Å²) in [5, 5.41) is 22.1. The summed E-state index contributed by atoms with van der Waals surface area (Å²) in [6.45, 7) is 2.27. The van der Waals surface area contributed by atoms with Crippen LogP contribution in [-0.4, -0.2) is 32.4 Å². The van der Waals surface area contributed by atoms with Crippen molar-refractivity contribution in [3.63, 3.8) is 0 Å². The van der Waals surface area contributed by atoms with Gasteiger partial charge in [0.25, 0.3) is 11.6 Å². The standard InChI is InChI=1S/C21H21N5O3/c1-15-19(23-24-25(15)17-9-5-10-18(13-17)26(28)29)20(27)22-14-21(11-6-12-21)16-7-3-2-4-8-16/h2-5,7-10,13H,6,11-12,14H2,1H3,(H,22,27). The Kier molecular flexibility index (Phi) is 4.84. The van der Waals surface area contributed by atoms with Gasteiger partial charge in [0.05, 0.1) is 16.3 Å². The van der Waals surface area contributed by atoms with Gasteiger partial charge in [-0.1, -0.05) is 48.0 Å². The highest BCUT2D eigenvalue weighted by Crippen LogP contribution is 2.43. The summed E-state index contributed by atoms with van der Waals surface area (Å²) in [6.07, 6.45) is 3.22. The van der Waals surface area contributed by atoms with E-state index in [4.69, 9.17) is 0 Å². The number of benzene rings is 2. The first-order valence-electron chi connectivity index (χ1n) is 9.51. The molecule has 0 unspecified atom stereocenters. The molecule has 1 aromatic heterocycles. The number of nitrogens with one attached hydrogen (secondary N) is 1. The minimum atomic E-state index is -0.467. The Labute approximate surface area is 167 Å². The van der Waals surface area contributed by atoms with E-state index in [0.717, 1.165) is 19.3 Å². The number of rotatable bonds is 6. The summed E-state index contributed by atoms with van der Waals surface area (Å²) < 4.78 is 1.44. The number of non-ortho nitro benzene ring substituents is 1. The summed E-state index contributed by atoms with van der Waals surface area (Å²) in [7, 11) is 0. The van der Waals surface area contributed by atoms with Gasteiger partial charge in [-0.15, -0.1) is 5.10 Å². The van der Waals surface area contributed by atoms with Crippen LogP contribution in [-0.2, 0) is 5.41 Å². The highest BCUT2D eigenvalue weighted by Gasteiger charge is 2.39. The molecule has 0 saturated heterocycles. The topological polar surface area (TPSA) is 103 Å². The van der Waals surface area contributed by atoms with Crippen LogP contribution in [0.15, 0.2) is 54.6 Å². The molecule has 0 aliphatic heterocycles. The molecule has 1 saturated carbocycles. The van der Waals surface area contributed by atoms with Gasteiger partial charge in [0.15, 0.2) is 5.69 Å². The average molecular weight is 391 g/mol. The van der Waals surface area contributed by atoms with Crippen LogP contribution < -0.4 is 5.32 Å². The van der Waals surface area contributed by atoms with Crippen LogP contribution in [0.1, 0.15) is 41.0 Å². The van der Waals surface area contributed by atoms with Crippen LogP contribution in [0.5, 0.6) is 0 Å². The monoisotopic (exact) mass is 391 g/mol. The Morgan fingerprint density at radius 2 is 1.97 bits per heavy atom. The normalized spacial score (nSPS) is 14.8. The molecule has 148 valence electrons. The lowest BCUT2D eigenvalue weighted by Gasteiger charge is -2.42. The van der Waals surface area contributed by atoms with Crippen molar-refractivity contribution < 1.29 is 9.72 Å². The highest BCUT2D eigenvalue weighted by atomic mass is 16.6. The Morgan fingerprint density at radius 3 is 2.62 bits per heavy atom. The second kappa shape index (κ2) is 7.46. The van der Waals surface area contributed by atoms with Crippen molar-refractivity contribution >= 4 is 11.6 Å². The lowest BCUT2D eigenvalue weighted by molar-refractivity contribution is -0.384. The summed E-state index contributed by atoms with van der Waals surface area (Å²) in [5.41, 5.74) is 2.41. The highest BCUT2D eigenvalue weighted by molar-refractivity contribution is 5.93. The Bertz CT molecular complexity index is 1060. The number of carbonyl (C=O) groups excluding carboxylic acids is 1. The molecule has 1 fully saturated rings. The molecule has 0 radical (unpaired) electrons. The number of nitro groups is 1. The zero-order chi connectivity index (χ0) is 20.4. The second-order valence-electron chi connectivity index (χ2n) is 7.39. The van der Waals surface area contributed by atoms with E-state index in [1.54, 1.807) is 19.1 Å². The Balaban J connectivity index is 1.52. The number of nitro benzene ring substituents is 1. The number of carbonyl (C=O) groups is 1. The third-order valence-electron chi connectivity index (χ3n) is 5.68. The van der Waals surface area contributed by atoms with Gasteiger partial charge < -0.3 is 5.32 Å². The van der Waals surface area contributed by atoms with Crippen molar-refractivity contribution in [1.29, 1.82) is 0 Å². The number of hydrogen-bond donors (Lipinski definition) is 1. The molecule has 3 aromatic rings. The van der Waals surface area contributed by atoms with Crippen molar-refractivity contribution in [3.8, 4) is 5.69 Å². The maximum atomic E-state index is 12.8. The van der Waals surface area contributed by atoms with Gasteiger partial charge in [-0.2, -0.15) is 0 Å². The molecular formula is C21H21N5O3. The van der Waals surface area contributed by atoms with E-state index in [1.165, 1.54) is 22.4 Å². The first kappa shape index (κ1) is 18.8. The largest absolute Gasteiger partial charge is 0.350 e.